The second-order valence-corrected chi connectivity index (χ2v) is 4.08. The van der Waals surface area contributed by atoms with Gasteiger partial charge in [0.15, 0.2) is 0 Å². The fourth-order valence-electron chi connectivity index (χ4n) is 1.97. The van der Waals surface area contributed by atoms with E-state index >= 15 is 0 Å². The summed E-state index contributed by atoms with van der Waals surface area (Å²) in [6.45, 7) is 0. The molecule has 0 bridgehead atoms. The first-order valence-corrected chi connectivity index (χ1v) is 5.90. The van der Waals surface area contributed by atoms with Crippen molar-refractivity contribution >= 4 is 11.6 Å². The Kier molecular flexibility index (Phi) is 2.72. The minimum absolute atomic E-state index is 0.120. The molecule has 5 heteroatoms. The van der Waals surface area contributed by atoms with E-state index in [1.54, 1.807) is 31.6 Å². The molecule has 3 aromatic rings. The third-order valence-electron chi connectivity index (χ3n) is 2.93. The zero-order valence-corrected chi connectivity index (χ0v) is 10.4. The third-order valence-corrected chi connectivity index (χ3v) is 2.93. The fraction of sp³-hybridized carbons (Fsp3) is 0.0714. The van der Waals surface area contributed by atoms with E-state index < -0.39 is 0 Å². The lowest BCUT2D eigenvalue weighted by molar-refractivity contribution is 0.0963. The summed E-state index contributed by atoms with van der Waals surface area (Å²) in [6.07, 6.45) is 5.33. The molecule has 5 nitrogen and oxygen atoms in total. The van der Waals surface area contributed by atoms with Crippen molar-refractivity contribution in [1.82, 2.24) is 19.7 Å². The van der Waals surface area contributed by atoms with E-state index in [0.717, 1.165) is 17.0 Å². The van der Waals surface area contributed by atoms with Crippen LogP contribution < -0.4 is 5.32 Å². The summed E-state index contributed by atoms with van der Waals surface area (Å²) in [5.41, 5.74) is 3.07. The maximum absolute atomic E-state index is 11.6. The van der Waals surface area contributed by atoms with Crippen LogP contribution in [0.1, 0.15) is 10.4 Å². The van der Waals surface area contributed by atoms with Crippen molar-refractivity contribution in [2.24, 2.45) is 0 Å². The Balaban J connectivity index is 2.13. The molecule has 0 aliphatic rings. The van der Waals surface area contributed by atoms with Crippen molar-refractivity contribution < 1.29 is 4.79 Å². The highest BCUT2D eigenvalue weighted by atomic mass is 16.1. The van der Waals surface area contributed by atoms with E-state index in [4.69, 9.17) is 0 Å². The molecule has 0 radical (unpaired) electrons. The maximum Gasteiger partial charge on any atom is 0.251 e. The predicted octanol–water partition coefficient (Wildman–Crippen LogP) is 1.76. The van der Waals surface area contributed by atoms with E-state index in [-0.39, 0.29) is 5.91 Å². The topological polar surface area (TPSA) is 59.3 Å². The molecule has 0 aliphatic heterocycles. The molecule has 0 unspecified atom stereocenters. The first kappa shape index (κ1) is 11.4. The van der Waals surface area contributed by atoms with Crippen LogP contribution in [0.2, 0.25) is 0 Å². The summed E-state index contributed by atoms with van der Waals surface area (Å²) in [5.74, 6) is -0.120. The number of hydrogen-bond acceptors (Lipinski definition) is 3. The zero-order valence-electron chi connectivity index (χ0n) is 10.4. The summed E-state index contributed by atoms with van der Waals surface area (Å²) < 4.78 is 1.91. The van der Waals surface area contributed by atoms with Gasteiger partial charge in [-0.3, -0.25) is 14.2 Å². The Hall–Kier alpha value is -2.69. The molecule has 0 aliphatic carbocycles. The smallest absolute Gasteiger partial charge is 0.251 e. The van der Waals surface area contributed by atoms with E-state index in [0.29, 0.717) is 5.56 Å². The molecule has 0 saturated carbocycles. The van der Waals surface area contributed by atoms with Gasteiger partial charge in [0.1, 0.15) is 5.65 Å². The molecule has 3 rings (SSSR count). The molecule has 3 aromatic heterocycles. The number of imidazole rings is 1. The largest absolute Gasteiger partial charge is 0.355 e. The lowest BCUT2D eigenvalue weighted by Gasteiger charge is -2.03. The second-order valence-electron chi connectivity index (χ2n) is 4.08. The van der Waals surface area contributed by atoms with Gasteiger partial charge in [0.25, 0.3) is 5.91 Å². The van der Waals surface area contributed by atoms with Gasteiger partial charge in [-0.1, -0.05) is 6.07 Å². The molecule has 0 spiro atoms. The van der Waals surface area contributed by atoms with Crippen LogP contribution in [0, 0.1) is 0 Å². The molecular formula is C14H12N4O. The molecule has 0 atom stereocenters. The van der Waals surface area contributed by atoms with Crippen LogP contribution in [0.4, 0.5) is 0 Å². The number of rotatable bonds is 2. The SMILES string of the molecule is CNC(=O)c1ccn2c(-c3ccccn3)cnc2c1. The molecule has 0 saturated heterocycles. The number of nitrogens with one attached hydrogen (secondary N) is 1. The molecule has 3 heterocycles. The van der Waals surface area contributed by atoms with Gasteiger partial charge in [-0.15, -0.1) is 0 Å². The van der Waals surface area contributed by atoms with Gasteiger partial charge in [0.2, 0.25) is 0 Å². The van der Waals surface area contributed by atoms with Crippen LogP contribution in [0.3, 0.4) is 0 Å². The highest BCUT2D eigenvalue weighted by Gasteiger charge is 2.09. The van der Waals surface area contributed by atoms with Gasteiger partial charge >= 0.3 is 0 Å². The van der Waals surface area contributed by atoms with Gasteiger partial charge in [-0.2, -0.15) is 0 Å². The standard InChI is InChI=1S/C14H12N4O/c1-15-14(19)10-5-7-18-12(9-17-13(18)8-10)11-4-2-3-6-16-11/h2-9H,1H3,(H,15,19). The highest BCUT2D eigenvalue weighted by molar-refractivity contribution is 5.94. The molecule has 1 amide bonds. The quantitative estimate of drug-likeness (QED) is 0.756. The van der Waals surface area contributed by atoms with Gasteiger partial charge in [0, 0.05) is 25.0 Å². The Morgan fingerprint density at radius 3 is 2.89 bits per heavy atom. The van der Waals surface area contributed by atoms with E-state index in [9.17, 15) is 4.79 Å². The minimum Gasteiger partial charge on any atom is -0.355 e. The van der Waals surface area contributed by atoms with Crippen molar-refractivity contribution in [2.75, 3.05) is 7.05 Å². The highest BCUT2D eigenvalue weighted by Crippen LogP contribution is 2.18. The minimum atomic E-state index is -0.120. The first-order chi connectivity index (χ1) is 9.29. The molecule has 1 N–H and O–H groups in total. The number of carbonyl (C=O) groups is 1. The summed E-state index contributed by atoms with van der Waals surface area (Å²) >= 11 is 0. The monoisotopic (exact) mass is 252 g/mol. The Bertz CT molecular complexity index is 734. The summed E-state index contributed by atoms with van der Waals surface area (Å²) in [4.78, 5) is 20.2. The molecule has 0 fully saturated rings. The number of fused-ring (bicyclic) bond motifs is 1. The van der Waals surface area contributed by atoms with Crippen LogP contribution in [-0.2, 0) is 0 Å². The Morgan fingerprint density at radius 1 is 1.26 bits per heavy atom. The number of nitrogens with zero attached hydrogens (tertiary/aromatic N) is 3. The normalized spacial score (nSPS) is 10.6. The van der Waals surface area contributed by atoms with Gasteiger partial charge in [0.05, 0.1) is 17.6 Å². The summed E-state index contributed by atoms with van der Waals surface area (Å²) in [5, 5.41) is 2.60. The summed E-state index contributed by atoms with van der Waals surface area (Å²) in [6, 6.07) is 9.25. The van der Waals surface area contributed by atoms with E-state index in [2.05, 4.69) is 15.3 Å². The zero-order chi connectivity index (χ0) is 13.2. The molecule has 94 valence electrons. The first-order valence-electron chi connectivity index (χ1n) is 5.90. The fourth-order valence-corrected chi connectivity index (χ4v) is 1.97. The van der Waals surface area contributed by atoms with Crippen LogP contribution in [-0.4, -0.2) is 27.3 Å². The van der Waals surface area contributed by atoms with Crippen LogP contribution >= 0.6 is 0 Å². The van der Waals surface area contributed by atoms with Crippen molar-refractivity contribution in [3.05, 3.63) is 54.5 Å². The van der Waals surface area contributed by atoms with Gasteiger partial charge in [-0.25, -0.2) is 4.98 Å². The van der Waals surface area contributed by atoms with Crippen molar-refractivity contribution in [3.63, 3.8) is 0 Å². The van der Waals surface area contributed by atoms with Crippen molar-refractivity contribution in [2.45, 2.75) is 0 Å². The maximum atomic E-state index is 11.6. The third kappa shape index (κ3) is 1.95. The van der Waals surface area contributed by atoms with Crippen LogP contribution in [0.25, 0.3) is 17.0 Å². The second kappa shape index (κ2) is 4.53. The lowest BCUT2D eigenvalue weighted by Crippen LogP contribution is -2.17. The number of aromatic nitrogens is 3. The van der Waals surface area contributed by atoms with Gasteiger partial charge < -0.3 is 5.32 Å². The average molecular weight is 252 g/mol. The van der Waals surface area contributed by atoms with Crippen LogP contribution in [0.15, 0.2) is 48.9 Å². The molecule has 0 aromatic carbocycles. The van der Waals surface area contributed by atoms with E-state index in [1.165, 1.54) is 0 Å². The Labute approximate surface area is 109 Å². The van der Waals surface area contributed by atoms with Crippen molar-refractivity contribution in [1.29, 1.82) is 0 Å². The van der Waals surface area contributed by atoms with Crippen LogP contribution in [0.5, 0.6) is 0 Å². The Morgan fingerprint density at radius 2 is 2.16 bits per heavy atom. The average Bonchev–Trinajstić information content (AvgIpc) is 2.90. The number of carbonyl (C=O) groups excluding carboxylic acids is 1. The predicted molar refractivity (Wildman–Crippen MR) is 71.8 cm³/mol. The van der Waals surface area contributed by atoms with E-state index in [1.807, 2.05) is 28.8 Å². The molecule has 19 heavy (non-hydrogen) atoms. The summed E-state index contributed by atoms with van der Waals surface area (Å²) in [7, 11) is 1.61. The van der Waals surface area contributed by atoms with Gasteiger partial charge in [-0.05, 0) is 24.3 Å². The number of hydrogen-bond donors (Lipinski definition) is 1. The lowest BCUT2D eigenvalue weighted by atomic mass is 10.2. The van der Waals surface area contributed by atoms with Crippen molar-refractivity contribution in [3.8, 4) is 11.4 Å². The number of pyridine rings is 2. The molecular weight excluding hydrogens is 240 g/mol. The number of amides is 1.